The molecule has 0 radical (unpaired) electrons. The van der Waals surface area contributed by atoms with E-state index in [1.54, 1.807) is 0 Å². The van der Waals surface area contributed by atoms with Crippen molar-refractivity contribution in [1.82, 2.24) is 0 Å². The van der Waals surface area contributed by atoms with Crippen LogP contribution in [0.15, 0.2) is 179 Å². The van der Waals surface area contributed by atoms with Gasteiger partial charge in [0.1, 0.15) is 5.58 Å². The van der Waals surface area contributed by atoms with E-state index in [0.717, 1.165) is 49.6 Å². The van der Waals surface area contributed by atoms with Crippen molar-refractivity contribution in [2.24, 2.45) is 0 Å². The SMILES string of the molecule is c1ccc2cc(-c3coc4c3ccc3c5ccc(-c6c7ccccc7c(-c7cccc8ccccc78)c7ccccc67)cc5oc34)ccc2c1. The molecule has 50 heavy (non-hydrogen) atoms. The average Bonchev–Trinajstić information content (AvgIpc) is 3.78. The normalized spacial score (nSPS) is 12.0. The summed E-state index contributed by atoms with van der Waals surface area (Å²) in [5.74, 6) is 0. The average molecular weight is 637 g/mol. The van der Waals surface area contributed by atoms with Gasteiger partial charge in [-0.2, -0.15) is 0 Å². The Morgan fingerprint density at radius 2 is 0.920 bits per heavy atom. The van der Waals surface area contributed by atoms with Gasteiger partial charge in [0.25, 0.3) is 0 Å². The van der Waals surface area contributed by atoms with Gasteiger partial charge in [0.15, 0.2) is 11.2 Å². The molecule has 0 aliphatic heterocycles. The molecule has 11 rings (SSSR count). The van der Waals surface area contributed by atoms with E-state index in [4.69, 9.17) is 8.83 Å². The lowest BCUT2D eigenvalue weighted by Crippen LogP contribution is -1.91. The second kappa shape index (κ2) is 10.4. The number of benzene rings is 9. The predicted octanol–water partition coefficient (Wildman–Crippen LogP) is 13.9. The van der Waals surface area contributed by atoms with Crippen LogP contribution in [0.2, 0.25) is 0 Å². The molecule has 2 heteroatoms. The summed E-state index contributed by atoms with van der Waals surface area (Å²) in [5, 5.41) is 13.0. The van der Waals surface area contributed by atoms with Gasteiger partial charge in [-0.15, -0.1) is 0 Å². The van der Waals surface area contributed by atoms with Crippen molar-refractivity contribution >= 4 is 76.0 Å². The largest absolute Gasteiger partial charge is 0.460 e. The lowest BCUT2D eigenvalue weighted by atomic mass is 9.84. The Labute approximate surface area is 287 Å². The van der Waals surface area contributed by atoms with Crippen LogP contribution in [0.5, 0.6) is 0 Å². The first-order chi connectivity index (χ1) is 24.8. The smallest absolute Gasteiger partial charge is 0.178 e. The Kier molecular flexibility index (Phi) is 5.70. The van der Waals surface area contributed by atoms with Gasteiger partial charge in [-0.05, 0) is 101 Å². The highest BCUT2D eigenvalue weighted by Gasteiger charge is 2.20. The molecule has 0 saturated heterocycles. The molecule has 0 fully saturated rings. The van der Waals surface area contributed by atoms with Gasteiger partial charge in [-0.1, -0.05) is 133 Å². The Bertz CT molecular complexity index is 3090. The van der Waals surface area contributed by atoms with E-state index in [9.17, 15) is 0 Å². The van der Waals surface area contributed by atoms with E-state index < -0.39 is 0 Å². The van der Waals surface area contributed by atoms with Gasteiger partial charge < -0.3 is 8.83 Å². The summed E-state index contributed by atoms with van der Waals surface area (Å²) >= 11 is 0. The van der Waals surface area contributed by atoms with Crippen molar-refractivity contribution in [2.75, 3.05) is 0 Å². The monoisotopic (exact) mass is 636 g/mol. The lowest BCUT2D eigenvalue weighted by Gasteiger charge is -2.18. The topological polar surface area (TPSA) is 26.3 Å². The van der Waals surface area contributed by atoms with E-state index in [0.29, 0.717) is 0 Å². The molecule has 0 saturated carbocycles. The van der Waals surface area contributed by atoms with Crippen LogP contribution in [-0.2, 0) is 0 Å². The molecular weight excluding hydrogens is 609 g/mol. The summed E-state index contributed by atoms with van der Waals surface area (Å²) in [6.07, 6.45) is 1.86. The molecule has 0 amide bonds. The summed E-state index contributed by atoms with van der Waals surface area (Å²) in [6, 6.07) is 59.0. The van der Waals surface area contributed by atoms with Crippen molar-refractivity contribution in [1.29, 1.82) is 0 Å². The molecule has 0 N–H and O–H groups in total. The molecule has 9 aromatic carbocycles. The molecule has 0 atom stereocenters. The molecule has 11 aromatic rings. The van der Waals surface area contributed by atoms with Crippen LogP contribution in [0.4, 0.5) is 0 Å². The maximum atomic E-state index is 6.72. The summed E-state index contributed by atoms with van der Waals surface area (Å²) in [4.78, 5) is 0. The molecule has 2 aromatic heterocycles. The Morgan fingerprint density at radius 1 is 0.320 bits per heavy atom. The third-order valence-electron chi connectivity index (χ3n) is 10.5. The first-order valence-electron chi connectivity index (χ1n) is 17.1. The number of rotatable bonds is 3. The predicted molar refractivity (Wildman–Crippen MR) is 210 cm³/mol. The van der Waals surface area contributed by atoms with E-state index in [1.165, 1.54) is 59.8 Å². The minimum absolute atomic E-state index is 0.777. The molecule has 0 spiro atoms. The van der Waals surface area contributed by atoms with Crippen LogP contribution < -0.4 is 0 Å². The fourth-order valence-corrected chi connectivity index (χ4v) is 8.23. The van der Waals surface area contributed by atoms with Crippen LogP contribution in [0, 0.1) is 0 Å². The van der Waals surface area contributed by atoms with E-state index in [1.807, 2.05) is 6.26 Å². The number of hydrogen-bond acceptors (Lipinski definition) is 2. The first-order valence-corrected chi connectivity index (χ1v) is 17.1. The van der Waals surface area contributed by atoms with Crippen LogP contribution in [0.25, 0.3) is 109 Å². The third kappa shape index (κ3) is 3.90. The van der Waals surface area contributed by atoms with E-state index in [-0.39, 0.29) is 0 Å². The van der Waals surface area contributed by atoms with Crippen molar-refractivity contribution < 1.29 is 8.83 Å². The zero-order valence-corrected chi connectivity index (χ0v) is 27.0. The van der Waals surface area contributed by atoms with Gasteiger partial charge >= 0.3 is 0 Å². The molecule has 2 heterocycles. The maximum absolute atomic E-state index is 6.72. The van der Waals surface area contributed by atoms with Gasteiger partial charge in [0.05, 0.1) is 6.26 Å². The molecule has 0 bridgehead atoms. The molecular formula is C48H28O2. The molecule has 2 nitrogen and oxygen atoms in total. The van der Waals surface area contributed by atoms with Crippen molar-refractivity contribution in [3.63, 3.8) is 0 Å². The highest BCUT2D eigenvalue weighted by molar-refractivity contribution is 6.24. The standard InChI is InChI=1S/C48H28O2/c1-2-12-31-26-32(21-20-29(31)10-1)43-28-49-47-42(43)25-24-41-35-23-22-33(27-44(35)50-48(41)47)45-37-15-5-7-17-39(37)46(40-18-8-6-16-38(40)45)36-19-9-13-30-11-3-4-14-34(30)36/h1-28H. The van der Waals surface area contributed by atoms with Crippen molar-refractivity contribution in [3.05, 3.63) is 170 Å². The van der Waals surface area contributed by atoms with Crippen LogP contribution >= 0.6 is 0 Å². The Morgan fingerprint density at radius 3 is 1.70 bits per heavy atom. The Balaban J connectivity index is 1.13. The Hall–Kier alpha value is -6.64. The molecule has 0 aliphatic carbocycles. The van der Waals surface area contributed by atoms with Crippen molar-refractivity contribution in [3.8, 4) is 33.4 Å². The van der Waals surface area contributed by atoms with Gasteiger partial charge in [0, 0.05) is 21.7 Å². The fourth-order valence-electron chi connectivity index (χ4n) is 8.23. The van der Waals surface area contributed by atoms with Gasteiger partial charge in [-0.25, -0.2) is 0 Å². The maximum Gasteiger partial charge on any atom is 0.178 e. The van der Waals surface area contributed by atoms with Crippen LogP contribution in [-0.4, -0.2) is 0 Å². The van der Waals surface area contributed by atoms with Crippen LogP contribution in [0.3, 0.4) is 0 Å². The highest BCUT2D eigenvalue weighted by atomic mass is 16.4. The highest BCUT2D eigenvalue weighted by Crippen LogP contribution is 2.46. The lowest BCUT2D eigenvalue weighted by molar-refractivity contribution is 0.600. The number of hydrogen-bond donors (Lipinski definition) is 0. The first kappa shape index (κ1) is 27.3. The minimum atomic E-state index is 0.777. The fraction of sp³-hybridized carbons (Fsp3) is 0. The quantitative estimate of drug-likeness (QED) is 0.180. The zero-order valence-electron chi connectivity index (χ0n) is 27.0. The minimum Gasteiger partial charge on any atom is -0.460 e. The van der Waals surface area contributed by atoms with E-state index in [2.05, 4.69) is 164 Å². The van der Waals surface area contributed by atoms with E-state index >= 15 is 0 Å². The van der Waals surface area contributed by atoms with Crippen molar-refractivity contribution in [2.45, 2.75) is 0 Å². The summed E-state index contributed by atoms with van der Waals surface area (Å²) in [5.41, 5.74) is 9.46. The van der Waals surface area contributed by atoms with Gasteiger partial charge in [0.2, 0.25) is 0 Å². The second-order valence-corrected chi connectivity index (χ2v) is 13.2. The van der Waals surface area contributed by atoms with Gasteiger partial charge in [-0.3, -0.25) is 0 Å². The molecule has 232 valence electrons. The summed E-state index contributed by atoms with van der Waals surface area (Å²) in [6.45, 7) is 0. The number of fused-ring (bicyclic) bond motifs is 9. The van der Waals surface area contributed by atoms with Crippen LogP contribution in [0.1, 0.15) is 0 Å². The third-order valence-corrected chi connectivity index (χ3v) is 10.5. The second-order valence-electron chi connectivity index (χ2n) is 13.2. The molecule has 0 unspecified atom stereocenters. The zero-order chi connectivity index (χ0) is 32.8. The summed E-state index contributed by atoms with van der Waals surface area (Å²) in [7, 11) is 0. The summed E-state index contributed by atoms with van der Waals surface area (Å²) < 4.78 is 13.0. The molecule has 0 aliphatic rings. The number of furan rings is 2.